The molecule has 0 spiro atoms. The molecular weight excluding hydrogens is 368 g/mol. The molecule has 0 saturated carbocycles. The van der Waals surface area contributed by atoms with Crippen molar-refractivity contribution in [2.75, 3.05) is 13.2 Å². The van der Waals surface area contributed by atoms with E-state index in [2.05, 4.69) is 4.98 Å². The van der Waals surface area contributed by atoms with Crippen LogP contribution in [0, 0.1) is 6.92 Å². The summed E-state index contributed by atoms with van der Waals surface area (Å²) in [5, 5.41) is 0.446. The Kier molecular flexibility index (Phi) is 5.94. The largest absolute Gasteiger partial charge is 0.466 e. The van der Waals surface area contributed by atoms with Gasteiger partial charge in [-0.05, 0) is 45.1 Å². The Morgan fingerprint density at radius 2 is 2.07 bits per heavy atom. The van der Waals surface area contributed by atoms with Crippen LogP contribution in [0.1, 0.15) is 55.3 Å². The molecule has 2 aromatic rings. The second-order valence-corrected chi connectivity index (χ2v) is 7.67. The molecule has 8 heteroatoms. The van der Waals surface area contributed by atoms with Crippen LogP contribution < -0.4 is 5.56 Å². The van der Waals surface area contributed by atoms with E-state index < -0.39 is 11.9 Å². The second-order valence-electron chi connectivity index (χ2n) is 6.59. The van der Waals surface area contributed by atoms with Gasteiger partial charge in [0.2, 0.25) is 0 Å². The highest BCUT2D eigenvalue weighted by Crippen LogP contribution is 2.41. The fraction of sp³-hybridized carbons (Fsp3) is 0.579. The number of carbonyl (C=O) groups excluding carboxylic acids is 2. The van der Waals surface area contributed by atoms with Crippen LogP contribution in [-0.4, -0.2) is 34.7 Å². The van der Waals surface area contributed by atoms with Crippen LogP contribution in [0.3, 0.4) is 0 Å². The summed E-state index contributed by atoms with van der Waals surface area (Å²) in [6.07, 6.45) is 3.07. The standard InChI is InChI=1S/C19H24N2O5S/c1-4-9-26-14(22)10-21-11(3)20-17-16(18(21)23)15-12(19(24)25-5-2)7-6-8-13(15)27-17/h12H,4-10H2,1-3H3. The zero-order valence-corrected chi connectivity index (χ0v) is 16.7. The molecule has 0 aromatic carbocycles. The van der Waals surface area contributed by atoms with E-state index in [9.17, 15) is 14.4 Å². The van der Waals surface area contributed by atoms with Gasteiger partial charge in [-0.1, -0.05) is 6.92 Å². The molecule has 1 aliphatic carbocycles. The Bertz CT molecular complexity index is 930. The highest BCUT2D eigenvalue weighted by molar-refractivity contribution is 7.18. The first kappa shape index (κ1) is 19.5. The Morgan fingerprint density at radius 1 is 1.30 bits per heavy atom. The van der Waals surface area contributed by atoms with E-state index in [-0.39, 0.29) is 18.1 Å². The quantitative estimate of drug-likeness (QED) is 0.703. The third-order valence-corrected chi connectivity index (χ3v) is 5.85. The minimum Gasteiger partial charge on any atom is -0.466 e. The number of rotatable bonds is 6. The Hall–Kier alpha value is -2.22. The molecule has 0 N–H and O–H groups in total. The number of hydrogen-bond donors (Lipinski definition) is 0. The maximum Gasteiger partial charge on any atom is 0.326 e. The number of carbonyl (C=O) groups is 2. The van der Waals surface area contributed by atoms with Crippen LogP contribution in [0.4, 0.5) is 0 Å². The van der Waals surface area contributed by atoms with Crippen LogP contribution in [0.2, 0.25) is 0 Å². The van der Waals surface area contributed by atoms with Gasteiger partial charge in [-0.3, -0.25) is 19.0 Å². The van der Waals surface area contributed by atoms with Crippen LogP contribution >= 0.6 is 11.3 Å². The maximum absolute atomic E-state index is 13.2. The molecule has 3 rings (SSSR count). The summed E-state index contributed by atoms with van der Waals surface area (Å²) in [7, 11) is 0. The van der Waals surface area contributed by atoms with Gasteiger partial charge >= 0.3 is 11.9 Å². The number of thiophene rings is 1. The van der Waals surface area contributed by atoms with Crippen molar-refractivity contribution >= 4 is 33.5 Å². The first-order valence-electron chi connectivity index (χ1n) is 9.32. The lowest BCUT2D eigenvalue weighted by atomic mass is 9.86. The fourth-order valence-electron chi connectivity index (χ4n) is 3.47. The van der Waals surface area contributed by atoms with Crippen molar-refractivity contribution in [2.45, 2.75) is 58.9 Å². The lowest BCUT2D eigenvalue weighted by Crippen LogP contribution is -2.29. The lowest BCUT2D eigenvalue weighted by Gasteiger charge is -2.21. The number of esters is 2. The zero-order valence-electron chi connectivity index (χ0n) is 15.9. The minimum absolute atomic E-state index is 0.178. The maximum atomic E-state index is 13.2. The number of nitrogens with zero attached hydrogens (tertiary/aromatic N) is 2. The highest BCUT2D eigenvalue weighted by Gasteiger charge is 2.33. The lowest BCUT2D eigenvalue weighted by molar-refractivity contribution is -0.145. The number of aryl methyl sites for hydroxylation is 2. The summed E-state index contributed by atoms with van der Waals surface area (Å²) >= 11 is 1.46. The van der Waals surface area contributed by atoms with Gasteiger partial charge in [-0.2, -0.15) is 0 Å². The predicted molar refractivity (Wildman–Crippen MR) is 102 cm³/mol. The van der Waals surface area contributed by atoms with E-state index in [4.69, 9.17) is 9.47 Å². The normalized spacial score (nSPS) is 16.2. The third-order valence-electron chi connectivity index (χ3n) is 4.69. The first-order chi connectivity index (χ1) is 13.0. The van der Waals surface area contributed by atoms with Crippen molar-refractivity contribution in [1.29, 1.82) is 0 Å². The SMILES string of the molecule is CCCOC(=O)Cn1c(C)nc2sc3c(c2c1=O)C(C(=O)OCC)CCC3. The molecule has 7 nitrogen and oxygen atoms in total. The van der Waals surface area contributed by atoms with Crippen LogP contribution in [0.15, 0.2) is 4.79 Å². The third kappa shape index (κ3) is 3.76. The summed E-state index contributed by atoms with van der Waals surface area (Å²) in [4.78, 5) is 43.8. The van der Waals surface area contributed by atoms with Crippen LogP contribution in [0.25, 0.3) is 10.2 Å². The van der Waals surface area contributed by atoms with Gasteiger partial charge in [-0.15, -0.1) is 11.3 Å². The Labute approximate surface area is 161 Å². The van der Waals surface area contributed by atoms with Crippen molar-refractivity contribution in [3.05, 3.63) is 26.6 Å². The minimum atomic E-state index is -0.464. The van der Waals surface area contributed by atoms with E-state index in [0.717, 1.165) is 29.7 Å². The molecule has 0 saturated heterocycles. The Morgan fingerprint density at radius 3 is 2.78 bits per heavy atom. The van der Waals surface area contributed by atoms with Crippen molar-refractivity contribution in [3.8, 4) is 0 Å². The molecule has 1 atom stereocenters. The van der Waals surface area contributed by atoms with E-state index in [1.165, 1.54) is 15.9 Å². The van der Waals surface area contributed by atoms with E-state index in [0.29, 0.717) is 35.7 Å². The molecule has 0 radical (unpaired) electrons. The number of hydrogen-bond acceptors (Lipinski definition) is 7. The summed E-state index contributed by atoms with van der Waals surface area (Å²) in [5.41, 5.74) is 0.451. The number of fused-ring (bicyclic) bond motifs is 3. The molecule has 0 amide bonds. The molecule has 0 bridgehead atoms. The van der Waals surface area contributed by atoms with Crippen molar-refractivity contribution < 1.29 is 19.1 Å². The van der Waals surface area contributed by atoms with Crippen molar-refractivity contribution in [2.24, 2.45) is 0 Å². The second kappa shape index (κ2) is 8.21. The van der Waals surface area contributed by atoms with Gasteiger partial charge in [0, 0.05) is 4.88 Å². The van der Waals surface area contributed by atoms with E-state index >= 15 is 0 Å². The fourth-order valence-corrected chi connectivity index (χ4v) is 4.78. The average molecular weight is 392 g/mol. The van der Waals surface area contributed by atoms with Crippen molar-refractivity contribution in [3.63, 3.8) is 0 Å². The van der Waals surface area contributed by atoms with Gasteiger partial charge in [-0.25, -0.2) is 4.98 Å². The molecule has 0 aliphatic heterocycles. The molecule has 1 unspecified atom stereocenters. The summed E-state index contributed by atoms with van der Waals surface area (Å²) < 4.78 is 11.7. The molecular formula is C19H24N2O5S. The smallest absolute Gasteiger partial charge is 0.326 e. The predicted octanol–water partition coefficient (Wildman–Crippen LogP) is 2.70. The topological polar surface area (TPSA) is 87.5 Å². The molecule has 0 fully saturated rings. The van der Waals surface area contributed by atoms with Crippen molar-refractivity contribution in [1.82, 2.24) is 9.55 Å². The van der Waals surface area contributed by atoms with Crippen LogP contribution in [-0.2, 0) is 32.0 Å². The van der Waals surface area contributed by atoms with Gasteiger partial charge in [0.05, 0.1) is 24.5 Å². The number of ether oxygens (including phenoxy) is 2. The van der Waals surface area contributed by atoms with E-state index in [1.807, 2.05) is 6.92 Å². The monoisotopic (exact) mass is 392 g/mol. The van der Waals surface area contributed by atoms with Gasteiger partial charge in [0.1, 0.15) is 17.2 Å². The summed E-state index contributed by atoms with van der Waals surface area (Å²) in [6, 6.07) is 0. The van der Waals surface area contributed by atoms with Gasteiger partial charge < -0.3 is 9.47 Å². The average Bonchev–Trinajstić information content (AvgIpc) is 3.01. The number of aromatic nitrogens is 2. The zero-order chi connectivity index (χ0) is 19.6. The molecule has 2 aromatic heterocycles. The van der Waals surface area contributed by atoms with Gasteiger partial charge in [0.15, 0.2) is 0 Å². The molecule has 1 aliphatic rings. The molecule has 146 valence electrons. The first-order valence-corrected chi connectivity index (χ1v) is 10.1. The highest BCUT2D eigenvalue weighted by atomic mass is 32.1. The van der Waals surface area contributed by atoms with Gasteiger partial charge in [0.25, 0.3) is 5.56 Å². The molecule has 27 heavy (non-hydrogen) atoms. The molecule has 2 heterocycles. The Balaban J connectivity index is 2.09. The summed E-state index contributed by atoms with van der Waals surface area (Å²) in [6.45, 7) is 5.83. The van der Waals surface area contributed by atoms with E-state index in [1.54, 1.807) is 13.8 Å². The summed E-state index contributed by atoms with van der Waals surface area (Å²) in [5.74, 6) is -0.742. The van der Waals surface area contributed by atoms with Crippen LogP contribution in [0.5, 0.6) is 0 Å².